The zero-order valence-corrected chi connectivity index (χ0v) is 17.7. The van der Waals surface area contributed by atoms with Crippen molar-refractivity contribution >= 4 is 19.4 Å². The molecule has 2 aromatic rings. The summed E-state index contributed by atoms with van der Waals surface area (Å²) in [6.45, 7) is 8.81. The molecule has 1 atom stereocenters. The van der Waals surface area contributed by atoms with E-state index in [2.05, 4.69) is 86.3 Å². The van der Waals surface area contributed by atoms with E-state index in [9.17, 15) is 0 Å². The molecule has 2 nitrogen and oxygen atoms in total. The van der Waals surface area contributed by atoms with Gasteiger partial charge in [0.1, 0.15) is 0 Å². The first-order valence-electron chi connectivity index (χ1n) is 10.1. The van der Waals surface area contributed by atoms with Crippen LogP contribution in [-0.2, 0) is 9.84 Å². The Kier molecular flexibility index (Phi) is 5.24. The van der Waals surface area contributed by atoms with Gasteiger partial charge in [-0.3, -0.25) is 0 Å². The second-order valence-corrected chi connectivity index (χ2v) is 10.8. The Hall–Kier alpha value is -1.84. The summed E-state index contributed by atoms with van der Waals surface area (Å²) in [6.07, 6.45) is 6.07. The Morgan fingerprint density at radius 1 is 1.00 bits per heavy atom. The summed E-state index contributed by atoms with van der Waals surface area (Å²) in [5.41, 5.74) is 3.11. The summed E-state index contributed by atoms with van der Waals surface area (Å²) in [5.74, 6) is 0. The zero-order chi connectivity index (χ0) is 18.9. The average molecular weight is 377 g/mol. The fourth-order valence-corrected chi connectivity index (χ4v) is 6.15. The summed E-state index contributed by atoms with van der Waals surface area (Å²) in [6, 6.07) is 20.5. The summed E-state index contributed by atoms with van der Waals surface area (Å²) in [7, 11) is -1.22. The van der Waals surface area contributed by atoms with E-state index in [1.54, 1.807) is 5.70 Å². The minimum absolute atomic E-state index is 0.182. The Balaban J connectivity index is 1.54. The molecule has 0 unspecified atom stereocenters. The summed E-state index contributed by atoms with van der Waals surface area (Å²) >= 11 is 0. The standard InChI is InChI=1S/C24H30NOSi/c1-24(2,3)19-11-15-23(16-12-19)27(22-9-5-4-6-10-22)26-18-21-14-13-20-8-7-17-25(20)21/h4-6,8-12,15-16,21H,7,13-14,17-18H2,1-3H3/t21-/m0/s1. The maximum absolute atomic E-state index is 6.66. The molecule has 2 aliphatic heterocycles. The van der Waals surface area contributed by atoms with Gasteiger partial charge >= 0.3 is 0 Å². The third-order valence-corrected chi connectivity index (χ3v) is 7.93. The number of benzene rings is 2. The molecule has 1 saturated heterocycles. The number of nitrogens with zero attached hydrogens (tertiary/aromatic N) is 1. The molecule has 0 saturated carbocycles. The second-order valence-electron chi connectivity index (χ2n) is 8.70. The largest absolute Gasteiger partial charge is 0.405 e. The fraction of sp³-hybridized carbons (Fsp3) is 0.417. The van der Waals surface area contributed by atoms with E-state index in [0.29, 0.717) is 6.04 Å². The molecule has 0 amide bonds. The Bertz CT molecular complexity index is 791. The molecule has 3 heteroatoms. The second kappa shape index (κ2) is 7.65. The highest BCUT2D eigenvalue weighted by Crippen LogP contribution is 2.32. The number of hydrogen-bond acceptors (Lipinski definition) is 2. The molecule has 1 radical (unpaired) electrons. The topological polar surface area (TPSA) is 12.5 Å². The van der Waals surface area contributed by atoms with Gasteiger partial charge in [0.05, 0.1) is 12.6 Å². The van der Waals surface area contributed by atoms with Gasteiger partial charge in [-0.05, 0) is 40.6 Å². The molecule has 0 aliphatic carbocycles. The molecule has 0 aromatic heterocycles. The lowest BCUT2D eigenvalue weighted by Gasteiger charge is -2.26. The first-order valence-corrected chi connectivity index (χ1v) is 11.5. The van der Waals surface area contributed by atoms with Gasteiger partial charge < -0.3 is 9.33 Å². The van der Waals surface area contributed by atoms with Crippen molar-refractivity contribution in [3.63, 3.8) is 0 Å². The normalized spacial score (nSPS) is 19.5. The summed E-state index contributed by atoms with van der Waals surface area (Å²) in [4.78, 5) is 2.58. The number of fused-ring (bicyclic) bond motifs is 1. The van der Waals surface area contributed by atoms with Crippen molar-refractivity contribution in [2.45, 2.75) is 51.5 Å². The third-order valence-electron chi connectivity index (χ3n) is 5.76. The molecule has 2 heterocycles. The van der Waals surface area contributed by atoms with E-state index in [0.717, 1.165) is 6.61 Å². The van der Waals surface area contributed by atoms with E-state index in [1.165, 1.54) is 41.7 Å². The highest BCUT2D eigenvalue weighted by Gasteiger charge is 2.31. The lowest BCUT2D eigenvalue weighted by molar-refractivity contribution is 0.204. The van der Waals surface area contributed by atoms with E-state index >= 15 is 0 Å². The summed E-state index contributed by atoms with van der Waals surface area (Å²) in [5, 5.41) is 2.68. The van der Waals surface area contributed by atoms with Crippen molar-refractivity contribution in [2.24, 2.45) is 0 Å². The molecule has 0 bridgehead atoms. The minimum atomic E-state index is -1.22. The predicted octanol–water partition coefficient (Wildman–Crippen LogP) is 3.86. The van der Waals surface area contributed by atoms with Crippen LogP contribution in [0.2, 0.25) is 0 Å². The lowest BCUT2D eigenvalue weighted by atomic mass is 9.87. The van der Waals surface area contributed by atoms with E-state index in [4.69, 9.17) is 4.43 Å². The van der Waals surface area contributed by atoms with Crippen molar-refractivity contribution in [1.29, 1.82) is 0 Å². The average Bonchev–Trinajstić information content (AvgIpc) is 3.27. The van der Waals surface area contributed by atoms with Crippen molar-refractivity contribution < 1.29 is 4.43 Å². The number of allylic oxidation sites excluding steroid dienone is 1. The van der Waals surface area contributed by atoms with Crippen LogP contribution < -0.4 is 10.4 Å². The molecule has 2 aromatic carbocycles. The fourth-order valence-electron chi connectivity index (χ4n) is 4.16. The van der Waals surface area contributed by atoms with Crippen LogP contribution in [0.15, 0.2) is 66.4 Å². The maximum Gasteiger partial charge on any atom is 0.282 e. The molecular weight excluding hydrogens is 346 g/mol. The van der Waals surface area contributed by atoms with Crippen LogP contribution in [0, 0.1) is 0 Å². The third kappa shape index (κ3) is 4.04. The van der Waals surface area contributed by atoms with Crippen molar-refractivity contribution in [1.82, 2.24) is 4.90 Å². The van der Waals surface area contributed by atoms with E-state index in [1.807, 2.05) is 0 Å². The Labute approximate surface area is 165 Å². The number of rotatable bonds is 5. The van der Waals surface area contributed by atoms with E-state index in [-0.39, 0.29) is 5.41 Å². The van der Waals surface area contributed by atoms with Gasteiger partial charge in [0.15, 0.2) is 0 Å². The Morgan fingerprint density at radius 2 is 1.70 bits per heavy atom. The quantitative estimate of drug-likeness (QED) is 0.735. The van der Waals surface area contributed by atoms with Gasteiger partial charge in [-0.1, -0.05) is 81.4 Å². The molecule has 0 spiro atoms. The molecule has 4 rings (SSSR count). The monoisotopic (exact) mass is 376 g/mol. The maximum atomic E-state index is 6.66. The van der Waals surface area contributed by atoms with Crippen LogP contribution in [0.5, 0.6) is 0 Å². The van der Waals surface area contributed by atoms with Crippen molar-refractivity contribution in [3.8, 4) is 0 Å². The lowest BCUT2D eigenvalue weighted by Crippen LogP contribution is -2.47. The van der Waals surface area contributed by atoms with Gasteiger partial charge in [-0.2, -0.15) is 0 Å². The number of hydrogen-bond donors (Lipinski definition) is 0. The smallest absolute Gasteiger partial charge is 0.282 e. The SMILES string of the molecule is CC(C)(C)c1ccc([Si](OC[C@@H]2CCC3=CCCN32)c2ccccc2)cc1. The molecular formula is C24H30NOSi. The van der Waals surface area contributed by atoms with Crippen LogP contribution in [0.1, 0.15) is 45.6 Å². The first-order chi connectivity index (χ1) is 13.0. The van der Waals surface area contributed by atoms with Crippen LogP contribution in [0.3, 0.4) is 0 Å². The molecule has 1 fully saturated rings. The van der Waals surface area contributed by atoms with Gasteiger partial charge in [0.25, 0.3) is 9.04 Å². The van der Waals surface area contributed by atoms with Gasteiger partial charge in [-0.15, -0.1) is 0 Å². The van der Waals surface area contributed by atoms with Crippen LogP contribution in [0.25, 0.3) is 0 Å². The van der Waals surface area contributed by atoms with Crippen molar-refractivity contribution in [2.75, 3.05) is 13.2 Å². The van der Waals surface area contributed by atoms with E-state index < -0.39 is 9.04 Å². The van der Waals surface area contributed by atoms with Crippen LogP contribution in [-0.4, -0.2) is 33.1 Å². The predicted molar refractivity (Wildman–Crippen MR) is 115 cm³/mol. The Morgan fingerprint density at radius 3 is 2.41 bits per heavy atom. The van der Waals surface area contributed by atoms with Crippen LogP contribution >= 0.6 is 0 Å². The van der Waals surface area contributed by atoms with Gasteiger partial charge in [0, 0.05) is 12.2 Å². The summed E-state index contributed by atoms with van der Waals surface area (Å²) < 4.78 is 6.66. The molecule has 2 aliphatic rings. The van der Waals surface area contributed by atoms with Gasteiger partial charge in [0.2, 0.25) is 0 Å². The minimum Gasteiger partial charge on any atom is -0.405 e. The zero-order valence-electron chi connectivity index (χ0n) is 16.7. The van der Waals surface area contributed by atoms with Crippen molar-refractivity contribution in [3.05, 3.63) is 71.9 Å². The molecule has 0 N–H and O–H groups in total. The molecule has 27 heavy (non-hydrogen) atoms. The van der Waals surface area contributed by atoms with Crippen LogP contribution in [0.4, 0.5) is 0 Å². The highest BCUT2D eigenvalue weighted by atomic mass is 28.3. The first kappa shape index (κ1) is 18.5. The molecule has 141 valence electrons. The highest BCUT2D eigenvalue weighted by molar-refractivity contribution is 6.80. The van der Waals surface area contributed by atoms with Gasteiger partial charge in [-0.25, -0.2) is 0 Å².